The molecule has 1 rings (SSSR count). The van der Waals surface area contributed by atoms with Crippen LogP contribution in [0.15, 0.2) is 18.2 Å². The van der Waals surface area contributed by atoms with Gasteiger partial charge in [-0.25, -0.2) is 4.39 Å². The van der Waals surface area contributed by atoms with Crippen molar-refractivity contribution in [3.8, 4) is 0 Å². The molecule has 0 radical (unpaired) electrons. The van der Waals surface area contributed by atoms with E-state index in [4.69, 9.17) is 5.73 Å². The molecule has 1 aromatic carbocycles. The van der Waals surface area contributed by atoms with E-state index < -0.39 is 0 Å². The summed E-state index contributed by atoms with van der Waals surface area (Å²) < 4.78 is 14.0. The molecule has 0 heterocycles. The van der Waals surface area contributed by atoms with Crippen molar-refractivity contribution in [2.24, 2.45) is 11.7 Å². The summed E-state index contributed by atoms with van der Waals surface area (Å²) in [4.78, 5) is 2.02. The highest BCUT2D eigenvalue weighted by molar-refractivity contribution is 5.55. The fourth-order valence-electron chi connectivity index (χ4n) is 1.96. The molecule has 0 saturated carbocycles. The van der Waals surface area contributed by atoms with E-state index in [1.54, 1.807) is 6.07 Å². The van der Waals surface area contributed by atoms with Gasteiger partial charge in [-0.2, -0.15) is 0 Å². The number of rotatable bonds is 5. The number of hydrogen-bond donors (Lipinski definition) is 1. The summed E-state index contributed by atoms with van der Waals surface area (Å²) in [5, 5.41) is 0. The second-order valence-corrected chi connectivity index (χ2v) is 4.88. The average molecular weight is 238 g/mol. The molecule has 3 heteroatoms. The normalized spacial score (nSPS) is 12.9. The SMILES string of the molecule is CC(C)C(C)N(C)c1c(F)cccc1CCN. The number of nitrogens with two attached hydrogens (primary N) is 1. The molecule has 2 nitrogen and oxygen atoms in total. The van der Waals surface area contributed by atoms with Gasteiger partial charge in [0.15, 0.2) is 0 Å². The van der Waals surface area contributed by atoms with Gasteiger partial charge in [-0.3, -0.25) is 0 Å². The monoisotopic (exact) mass is 238 g/mol. The highest BCUT2D eigenvalue weighted by Crippen LogP contribution is 2.27. The van der Waals surface area contributed by atoms with Crippen molar-refractivity contribution < 1.29 is 4.39 Å². The van der Waals surface area contributed by atoms with Crippen molar-refractivity contribution in [2.75, 3.05) is 18.5 Å². The molecule has 2 N–H and O–H groups in total. The maximum Gasteiger partial charge on any atom is 0.146 e. The largest absolute Gasteiger partial charge is 0.369 e. The first kappa shape index (κ1) is 14.0. The number of anilines is 1. The number of nitrogens with zero attached hydrogens (tertiary/aromatic N) is 1. The molecule has 17 heavy (non-hydrogen) atoms. The summed E-state index contributed by atoms with van der Waals surface area (Å²) in [6.07, 6.45) is 0.711. The standard InChI is InChI=1S/C14H23FN2/c1-10(2)11(3)17(4)14-12(8-9-16)6-5-7-13(14)15/h5-7,10-11H,8-9,16H2,1-4H3. The van der Waals surface area contributed by atoms with E-state index >= 15 is 0 Å². The minimum Gasteiger partial charge on any atom is -0.369 e. The van der Waals surface area contributed by atoms with Gasteiger partial charge in [-0.15, -0.1) is 0 Å². The fourth-order valence-corrected chi connectivity index (χ4v) is 1.96. The van der Waals surface area contributed by atoms with Gasteiger partial charge >= 0.3 is 0 Å². The van der Waals surface area contributed by atoms with Gasteiger partial charge in [-0.05, 0) is 37.4 Å². The summed E-state index contributed by atoms with van der Waals surface area (Å²) in [6, 6.07) is 5.51. The third-order valence-electron chi connectivity index (χ3n) is 3.41. The lowest BCUT2D eigenvalue weighted by Crippen LogP contribution is -2.34. The molecule has 0 amide bonds. The quantitative estimate of drug-likeness (QED) is 0.854. The van der Waals surface area contributed by atoms with Crippen LogP contribution in [-0.2, 0) is 6.42 Å². The smallest absolute Gasteiger partial charge is 0.146 e. The first-order valence-electron chi connectivity index (χ1n) is 6.19. The second kappa shape index (κ2) is 6.01. The Hall–Kier alpha value is -1.09. The van der Waals surface area contributed by atoms with Gasteiger partial charge in [0.1, 0.15) is 5.82 Å². The van der Waals surface area contributed by atoms with Gasteiger partial charge in [0.25, 0.3) is 0 Å². The Labute approximate surface area is 104 Å². The third kappa shape index (κ3) is 3.19. The van der Waals surface area contributed by atoms with E-state index in [1.165, 1.54) is 6.07 Å². The first-order chi connectivity index (χ1) is 7.99. The summed E-state index contributed by atoms with van der Waals surface area (Å²) in [5.41, 5.74) is 7.26. The van der Waals surface area contributed by atoms with Crippen molar-refractivity contribution >= 4 is 5.69 Å². The molecule has 1 atom stereocenters. The molecule has 0 fully saturated rings. The molecule has 96 valence electrons. The topological polar surface area (TPSA) is 29.3 Å². The Morgan fingerprint density at radius 1 is 1.29 bits per heavy atom. The highest BCUT2D eigenvalue weighted by Gasteiger charge is 2.19. The van der Waals surface area contributed by atoms with Crippen molar-refractivity contribution in [3.63, 3.8) is 0 Å². The van der Waals surface area contributed by atoms with Crippen molar-refractivity contribution in [1.29, 1.82) is 0 Å². The highest BCUT2D eigenvalue weighted by atomic mass is 19.1. The van der Waals surface area contributed by atoms with Crippen LogP contribution in [0.2, 0.25) is 0 Å². The Morgan fingerprint density at radius 2 is 1.94 bits per heavy atom. The molecule has 0 saturated heterocycles. The lowest BCUT2D eigenvalue weighted by Gasteiger charge is -2.32. The molecule has 0 aliphatic heterocycles. The molecular weight excluding hydrogens is 215 g/mol. The molecule has 1 aromatic rings. The zero-order valence-corrected chi connectivity index (χ0v) is 11.2. The zero-order chi connectivity index (χ0) is 13.0. The summed E-state index contributed by atoms with van der Waals surface area (Å²) in [5.74, 6) is 0.316. The first-order valence-corrected chi connectivity index (χ1v) is 6.19. The molecule has 0 aromatic heterocycles. The van der Waals surface area contributed by atoms with E-state index in [0.29, 0.717) is 30.6 Å². The number of para-hydroxylation sites is 1. The maximum absolute atomic E-state index is 14.0. The van der Waals surface area contributed by atoms with Crippen LogP contribution in [0.5, 0.6) is 0 Å². The number of hydrogen-bond acceptors (Lipinski definition) is 2. The summed E-state index contributed by atoms with van der Waals surface area (Å²) in [7, 11) is 1.95. The summed E-state index contributed by atoms with van der Waals surface area (Å²) >= 11 is 0. The van der Waals surface area contributed by atoms with Crippen LogP contribution in [0.25, 0.3) is 0 Å². The molecule has 0 bridgehead atoms. The van der Waals surface area contributed by atoms with Crippen LogP contribution >= 0.6 is 0 Å². The Kier molecular flexibility index (Phi) is 4.94. The molecule has 0 spiro atoms. The summed E-state index contributed by atoms with van der Waals surface area (Å²) in [6.45, 7) is 6.94. The molecule has 0 aliphatic rings. The van der Waals surface area contributed by atoms with Gasteiger partial charge < -0.3 is 10.6 Å². The average Bonchev–Trinajstić information content (AvgIpc) is 2.28. The lowest BCUT2D eigenvalue weighted by molar-refractivity contribution is 0.496. The van der Waals surface area contributed by atoms with Crippen LogP contribution in [0.3, 0.4) is 0 Å². The molecule has 1 unspecified atom stereocenters. The maximum atomic E-state index is 14.0. The number of halogens is 1. The van der Waals surface area contributed by atoms with E-state index in [9.17, 15) is 4.39 Å². The van der Waals surface area contributed by atoms with Gasteiger partial charge in [0.2, 0.25) is 0 Å². The Morgan fingerprint density at radius 3 is 2.47 bits per heavy atom. The van der Waals surface area contributed by atoms with E-state index in [2.05, 4.69) is 20.8 Å². The van der Waals surface area contributed by atoms with Crippen molar-refractivity contribution in [3.05, 3.63) is 29.6 Å². The van der Waals surface area contributed by atoms with Crippen LogP contribution in [0, 0.1) is 11.7 Å². The van der Waals surface area contributed by atoms with Crippen molar-refractivity contribution in [1.82, 2.24) is 0 Å². The fraction of sp³-hybridized carbons (Fsp3) is 0.571. The van der Waals surface area contributed by atoms with Gasteiger partial charge in [0.05, 0.1) is 5.69 Å². The van der Waals surface area contributed by atoms with Gasteiger partial charge in [0, 0.05) is 13.1 Å². The van der Waals surface area contributed by atoms with Crippen LogP contribution in [0.1, 0.15) is 26.3 Å². The van der Waals surface area contributed by atoms with E-state index in [0.717, 1.165) is 5.56 Å². The minimum atomic E-state index is -0.161. The zero-order valence-electron chi connectivity index (χ0n) is 11.2. The van der Waals surface area contributed by atoms with E-state index in [-0.39, 0.29) is 5.82 Å². The minimum absolute atomic E-state index is 0.161. The van der Waals surface area contributed by atoms with Crippen LogP contribution in [0.4, 0.5) is 10.1 Å². The predicted octanol–water partition coefficient (Wildman–Crippen LogP) is 2.81. The third-order valence-corrected chi connectivity index (χ3v) is 3.41. The Balaban J connectivity index is 3.10. The predicted molar refractivity (Wildman–Crippen MR) is 71.9 cm³/mol. The lowest BCUT2D eigenvalue weighted by atomic mass is 10.0. The van der Waals surface area contributed by atoms with Crippen LogP contribution in [-0.4, -0.2) is 19.6 Å². The van der Waals surface area contributed by atoms with Crippen LogP contribution < -0.4 is 10.6 Å². The second-order valence-electron chi connectivity index (χ2n) is 4.88. The van der Waals surface area contributed by atoms with Crippen molar-refractivity contribution in [2.45, 2.75) is 33.2 Å². The molecular formula is C14H23FN2. The van der Waals surface area contributed by atoms with Gasteiger partial charge in [-0.1, -0.05) is 26.0 Å². The number of benzene rings is 1. The molecule has 0 aliphatic carbocycles. The Bertz CT molecular complexity index is 363. The van der Waals surface area contributed by atoms with E-state index in [1.807, 2.05) is 18.0 Å².